The third-order valence-corrected chi connectivity index (χ3v) is 12.2. The number of phenolic OH excluding ortho intramolecular Hbond substituents is 1. The smallest absolute Gasteiger partial charge is 0.347 e. The van der Waals surface area contributed by atoms with Crippen molar-refractivity contribution >= 4 is 34.5 Å². The van der Waals surface area contributed by atoms with Gasteiger partial charge in [0.1, 0.15) is 17.1 Å². The standard InChI is InChI=1S/C13H10O3.C4H14O3Si3/c14-12-9-5-4-8-11(12)13(15)16-10-6-2-1-3-7-10;1-3-4-10(2)6-8-5-9-7-10/h1-9,14H;3-4,8-9H2,1-2H3. The molecular formula is C17H24O6Si3. The number of rotatable bonds is 4. The Morgan fingerprint density at radius 2 is 1.69 bits per heavy atom. The van der Waals surface area contributed by atoms with Gasteiger partial charge < -0.3 is 22.2 Å². The van der Waals surface area contributed by atoms with Crippen LogP contribution >= 0.6 is 0 Å². The van der Waals surface area contributed by atoms with Crippen LogP contribution in [0.2, 0.25) is 12.6 Å². The van der Waals surface area contributed by atoms with Crippen molar-refractivity contribution in [2.24, 2.45) is 0 Å². The molecule has 2 aromatic rings. The molecule has 0 bridgehead atoms. The first-order chi connectivity index (χ1) is 12.5. The fraction of sp³-hybridized carbons (Fsp3) is 0.235. The highest BCUT2D eigenvalue weighted by atomic mass is 28.5. The highest BCUT2D eigenvalue weighted by Crippen LogP contribution is 2.19. The molecular weight excluding hydrogens is 384 g/mol. The highest BCUT2D eigenvalue weighted by Gasteiger charge is 2.32. The molecule has 3 rings (SSSR count). The summed E-state index contributed by atoms with van der Waals surface area (Å²) in [6.07, 6.45) is 1.17. The van der Waals surface area contributed by atoms with E-state index in [-0.39, 0.29) is 11.3 Å². The lowest BCUT2D eigenvalue weighted by Crippen LogP contribution is -2.46. The van der Waals surface area contributed by atoms with Crippen molar-refractivity contribution in [3.05, 3.63) is 60.2 Å². The topological polar surface area (TPSA) is 74.2 Å². The van der Waals surface area contributed by atoms with Crippen LogP contribution in [-0.4, -0.2) is 39.7 Å². The van der Waals surface area contributed by atoms with Crippen LogP contribution in [0.5, 0.6) is 11.5 Å². The molecule has 0 atom stereocenters. The van der Waals surface area contributed by atoms with Gasteiger partial charge in [-0.1, -0.05) is 43.7 Å². The summed E-state index contributed by atoms with van der Waals surface area (Å²) < 4.78 is 21.4. The second kappa shape index (κ2) is 10.4. The van der Waals surface area contributed by atoms with Crippen molar-refractivity contribution in [3.63, 3.8) is 0 Å². The Hall–Kier alpha value is -1.76. The van der Waals surface area contributed by atoms with Crippen molar-refractivity contribution in [2.45, 2.75) is 25.9 Å². The Bertz CT molecular complexity index is 686. The van der Waals surface area contributed by atoms with Gasteiger partial charge in [-0.2, -0.15) is 0 Å². The number of carbonyl (C=O) groups is 1. The SMILES string of the molecule is CCC[Si]1(C)O[SiH2]O[SiH2]O1.O=C(Oc1ccccc1)c1ccccc1O. The minimum atomic E-state index is -1.64. The van der Waals surface area contributed by atoms with Gasteiger partial charge in [0.15, 0.2) is 0 Å². The highest BCUT2D eigenvalue weighted by molar-refractivity contribution is 6.75. The summed E-state index contributed by atoms with van der Waals surface area (Å²) in [6, 6.07) is 16.1. The van der Waals surface area contributed by atoms with Crippen LogP contribution in [0.3, 0.4) is 0 Å². The number of carbonyl (C=O) groups excluding carboxylic acids is 1. The maximum Gasteiger partial charge on any atom is 0.347 e. The van der Waals surface area contributed by atoms with Gasteiger partial charge in [-0.3, -0.25) is 0 Å². The van der Waals surface area contributed by atoms with E-state index in [4.69, 9.17) is 17.1 Å². The Morgan fingerprint density at radius 1 is 1.08 bits per heavy atom. The molecule has 140 valence electrons. The van der Waals surface area contributed by atoms with Crippen LogP contribution in [0.15, 0.2) is 54.6 Å². The fourth-order valence-corrected chi connectivity index (χ4v) is 9.88. The molecule has 1 saturated heterocycles. The molecule has 1 fully saturated rings. The van der Waals surface area contributed by atoms with Crippen molar-refractivity contribution in [2.75, 3.05) is 0 Å². The van der Waals surface area contributed by atoms with Gasteiger partial charge in [0.25, 0.3) is 20.0 Å². The number of aromatic hydroxyl groups is 1. The summed E-state index contributed by atoms with van der Waals surface area (Å²) in [5.74, 6) is -0.191. The predicted molar refractivity (Wildman–Crippen MR) is 107 cm³/mol. The zero-order valence-corrected chi connectivity index (χ0v) is 18.8. The quantitative estimate of drug-likeness (QED) is 0.475. The van der Waals surface area contributed by atoms with Gasteiger partial charge in [0, 0.05) is 0 Å². The molecule has 1 N–H and O–H groups in total. The molecule has 6 nitrogen and oxygen atoms in total. The van der Waals surface area contributed by atoms with Gasteiger partial charge in [0.2, 0.25) is 0 Å². The van der Waals surface area contributed by atoms with E-state index in [1.165, 1.54) is 18.6 Å². The maximum absolute atomic E-state index is 11.7. The van der Waals surface area contributed by atoms with Crippen molar-refractivity contribution in [1.82, 2.24) is 0 Å². The largest absolute Gasteiger partial charge is 0.507 e. The third kappa shape index (κ3) is 6.52. The zero-order valence-electron chi connectivity index (χ0n) is 15.0. The summed E-state index contributed by atoms with van der Waals surface area (Å²) in [6.45, 7) is 4.32. The van der Waals surface area contributed by atoms with E-state index < -0.39 is 34.5 Å². The molecule has 0 spiro atoms. The second-order valence-corrected chi connectivity index (χ2v) is 13.0. The van der Waals surface area contributed by atoms with Crippen LogP contribution in [0, 0.1) is 0 Å². The number of para-hydroxylation sites is 2. The van der Waals surface area contributed by atoms with Crippen LogP contribution in [-0.2, 0) is 12.3 Å². The summed E-state index contributed by atoms with van der Waals surface area (Å²) in [5, 5.41) is 9.46. The lowest BCUT2D eigenvalue weighted by Gasteiger charge is -2.31. The molecule has 0 amide bonds. The van der Waals surface area contributed by atoms with Crippen LogP contribution in [0.25, 0.3) is 0 Å². The molecule has 1 aliphatic heterocycles. The Labute approximate surface area is 159 Å². The number of hydrogen-bond acceptors (Lipinski definition) is 6. The predicted octanol–water partition coefficient (Wildman–Crippen LogP) is 2.14. The summed E-state index contributed by atoms with van der Waals surface area (Å²) in [5.41, 5.74) is 0.159. The first kappa shape index (κ1) is 20.6. The molecule has 0 aromatic heterocycles. The van der Waals surface area contributed by atoms with Gasteiger partial charge in [-0.25, -0.2) is 4.79 Å². The molecule has 0 saturated carbocycles. The molecule has 2 aromatic carbocycles. The normalized spacial score (nSPS) is 21.0. The molecule has 9 heteroatoms. The van der Waals surface area contributed by atoms with Gasteiger partial charge >= 0.3 is 14.5 Å². The average molecular weight is 409 g/mol. The minimum absolute atomic E-state index is 0.0802. The minimum Gasteiger partial charge on any atom is -0.507 e. The lowest BCUT2D eigenvalue weighted by atomic mass is 10.2. The number of esters is 1. The molecule has 0 radical (unpaired) electrons. The fourth-order valence-electron chi connectivity index (χ4n) is 2.30. The first-order valence-corrected chi connectivity index (χ1v) is 13.3. The van der Waals surface area contributed by atoms with E-state index in [9.17, 15) is 9.90 Å². The summed E-state index contributed by atoms with van der Waals surface area (Å²) in [7, 11) is -2.87. The summed E-state index contributed by atoms with van der Waals surface area (Å²) >= 11 is 0. The third-order valence-electron chi connectivity index (χ3n) is 3.68. The first-order valence-electron chi connectivity index (χ1n) is 8.45. The number of ether oxygens (including phenoxy) is 1. The molecule has 1 heterocycles. The summed E-state index contributed by atoms with van der Waals surface area (Å²) in [4.78, 5) is 11.7. The van der Waals surface area contributed by atoms with Crippen molar-refractivity contribution in [1.29, 1.82) is 0 Å². The monoisotopic (exact) mass is 408 g/mol. The molecule has 1 aliphatic rings. The number of hydrogen-bond donors (Lipinski definition) is 1. The Morgan fingerprint density at radius 3 is 2.31 bits per heavy atom. The van der Waals surface area contributed by atoms with E-state index >= 15 is 0 Å². The van der Waals surface area contributed by atoms with Crippen molar-refractivity contribution in [3.8, 4) is 11.5 Å². The average Bonchev–Trinajstić information content (AvgIpc) is 2.64. The van der Waals surface area contributed by atoms with E-state index in [0.29, 0.717) is 5.75 Å². The number of phenols is 1. The lowest BCUT2D eigenvalue weighted by molar-refractivity contribution is 0.0731. The Kier molecular flexibility index (Phi) is 8.22. The van der Waals surface area contributed by atoms with E-state index in [1.807, 2.05) is 6.07 Å². The Balaban J connectivity index is 0.000000209. The van der Waals surface area contributed by atoms with E-state index in [0.717, 1.165) is 6.04 Å². The van der Waals surface area contributed by atoms with E-state index in [1.54, 1.807) is 36.4 Å². The van der Waals surface area contributed by atoms with Crippen molar-refractivity contribution < 1.29 is 27.0 Å². The van der Waals surface area contributed by atoms with Crippen LogP contribution < -0.4 is 4.74 Å². The number of benzene rings is 2. The van der Waals surface area contributed by atoms with Gasteiger partial charge in [0.05, 0.1) is 0 Å². The zero-order chi connectivity index (χ0) is 18.8. The van der Waals surface area contributed by atoms with Crippen LogP contribution in [0.1, 0.15) is 23.7 Å². The van der Waals surface area contributed by atoms with E-state index in [2.05, 4.69) is 13.5 Å². The molecule has 0 aliphatic carbocycles. The molecule has 26 heavy (non-hydrogen) atoms. The van der Waals surface area contributed by atoms with Crippen LogP contribution in [0.4, 0.5) is 0 Å². The van der Waals surface area contributed by atoms with Gasteiger partial charge in [-0.05, 0) is 36.9 Å². The molecule has 0 unspecified atom stereocenters. The second-order valence-electron chi connectivity index (χ2n) is 5.83. The maximum atomic E-state index is 11.7. The van der Waals surface area contributed by atoms with Gasteiger partial charge in [-0.15, -0.1) is 0 Å².